The van der Waals surface area contributed by atoms with Gasteiger partial charge in [0.15, 0.2) is 11.6 Å². The number of hydrogen-bond acceptors (Lipinski definition) is 7. The number of thioether (sulfide) groups is 1. The molecule has 48 heavy (non-hydrogen) atoms. The molecule has 0 fully saturated rings. The third-order valence-electron chi connectivity index (χ3n) is 6.74. The summed E-state index contributed by atoms with van der Waals surface area (Å²) in [7, 11) is 0. The van der Waals surface area contributed by atoms with Gasteiger partial charge in [0.1, 0.15) is 29.4 Å². The molecule has 0 aliphatic heterocycles. The second-order valence-corrected chi connectivity index (χ2v) is 11.2. The Labute approximate surface area is 279 Å². The van der Waals surface area contributed by atoms with Gasteiger partial charge >= 0.3 is 6.36 Å². The van der Waals surface area contributed by atoms with Crippen LogP contribution in [0.25, 0.3) is 11.3 Å². The van der Waals surface area contributed by atoms with E-state index in [4.69, 9.17) is 15.1 Å². The van der Waals surface area contributed by atoms with Gasteiger partial charge in [0.2, 0.25) is 0 Å². The van der Waals surface area contributed by atoms with Crippen molar-refractivity contribution in [2.75, 3.05) is 0 Å². The Morgan fingerprint density at radius 2 is 1.65 bits per heavy atom. The lowest BCUT2D eigenvalue weighted by Gasteiger charge is -2.09. The number of nitrogens with two attached hydrogens (primary N) is 1. The molecular weight excluding hydrogens is 639 g/mol. The number of rotatable bonds is 10. The second kappa shape index (κ2) is 15.7. The standard InChI is InChI=1S/C35H30F3N7O2S/c1-23-7-6-8-24(2)31(23)44-34(48-20-30-32(42-22-46-30)26-9-4-3-5-10-26)45-43-19-25-11-13-27(14-12-25)33(39)41-21-40-28-15-17-29(18-16-28)47-35(36,37)38/h3-19,21-22H,20H2,1-2H3,(H,44,45)(H2,39,40,41)/b43-19+. The maximum atomic E-state index is 12.3. The van der Waals surface area contributed by atoms with Gasteiger partial charge in [-0.05, 0) is 54.8 Å². The van der Waals surface area contributed by atoms with Crippen molar-refractivity contribution in [1.29, 1.82) is 0 Å². The van der Waals surface area contributed by atoms with Crippen molar-refractivity contribution < 1.29 is 22.3 Å². The van der Waals surface area contributed by atoms with Gasteiger partial charge in [0.25, 0.3) is 0 Å². The van der Waals surface area contributed by atoms with E-state index in [0.717, 1.165) is 51.5 Å². The van der Waals surface area contributed by atoms with E-state index in [9.17, 15) is 13.2 Å². The fraction of sp³-hybridized carbons (Fsp3) is 0.114. The minimum atomic E-state index is -4.76. The topological polar surface area (TPSA) is 123 Å². The number of amidine groups is 2. The second-order valence-electron chi connectivity index (χ2n) is 10.2. The summed E-state index contributed by atoms with van der Waals surface area (Å²) in [5.74, 6) is 1.07. The fourth-order valence-corrected chi connectivity index (χ4v) is 5.13. The van der Waals surface area contributed by atoms with Gasteiger partial charge in [-0.15, -0.1) is 13.2 Å². The van der Waals surface area contributed by atoms with Crippen LogP contribution in [-0.2, 0) is 5.75 Å². The molecular formula is C35H30F3N7O2S. The molecule has 5 aromatic rings. The Morgan fingerprint density at radius 3 is 2.33 bits per heavy atom. The van der Waals surface area contributed by atoms with Gasteiger partial charge < -0.3 is 14.9 Å². The van der Waals surface area contributed by atoms with Gasteiger partial charge in [-0.25, -0.2) is 20.0 Å². The lowest BCUT2D eigenvalue weighted by molar-refractivity contribution is -0.274. The number of alkyl halides is 3. The molecule has 0 unspecified atom stereocenters. The number of aliphatic imine (C=N–C) groups is 3. The first kappa shape index (κ1) is 33.7. The predicted octanol–water partition coefficient (Wildman–Crippen LogP) is 8.47. The molecule has 9 nitrogen and oxygen atoms in total. The van der Waals surface area contributed by atoms with Crippen LogP contribution in [0.2, 0.25) is 0 Å². The number of nitrogens with zero attached hydrogens (tertiary/aromatic N) is 5. The van der Waals surface area contributed by atoms with Gasteiger partial charge in [-0.1, -0.05) is 84.6 Å². The monoisotopic (exact) mass is 669 g/mol. The lowest BCUT2D eigenvalue weighted by Crippen LogP contribution is -2.16. The van der Waals surface area contributed by atoms with Crippen LogP contribution in [0, 0.1) is 13.8 Å². The molecule has 3 N–H and O–H groups in total. The van der Waals surface area contributed by atoms with Crippen LogP contribution in [0.3, 0.4) is 0 Å². The molecule has 1 heterocycles. The summed E-state index contributed by atoms with van der Waals surface area (Å²) in [6.07, 6.45) is -0.427. The molecule has 0 radical (unpaired) electrons. The van der Waals surface area contributed by atoms with E-state index >= 15 is 0 Å². The SMILES string of the molecule is Cc1cccc(C)c1N=C(N/N=C/c1ccc(C(N)=NC=Nc2ccc(OC(F)(F)F)cc2)cc1)SCc1ocnc1-c1ccccc1. The smallest absolute Gasteiger partial charge is 0.447 e. The predicted molar refractivity (Wildman–Crippen MR) is 185 cm³/mol. The quantitative estimate of drug-likeness (QED) is 0.0874. The van der Waals surface area contributed by atoms with Crippen molar-refractivity contribution in [3.05, 3.63) is 131 Å². The Hall–Kier alpha value is -5.69. The normalized spacial score (nSPS) is 12.6. The first-order valence-electron chi connectivity index (χ1n) is 14.5. The Balaban J connectivity index is 1.24. The average Bonchev–Trinajstić information content (AvgIpc) is 3.54. The zero-order valence-electron chi connectivity index (χ0n) is 25.8. The summed E-state index contributed by atoms with van der Waals surface area (Å²) in [6, 6.07) is 28.2. The maximum absolute atomic E-state index is 12.3. The van der Waals surface area contributed by atoms with Crippen LogP contribution >= 0.6 is 11.8 Å². The number of benzene rings is 4. The van der Waals surface area contributed by atoms with E-state index < -0.39 is 6.36 Å². The fourth-order valence-electron chi connectivity index (χ4n) is 4.38. The molecule has 0 saturated carbocycles. The van der Waals surface area contributed by atoms with Crippen LogP contribution in [0.1, 0.15) is 28.0 Å². The summed E-state index contributed by atoms with van der Waals surface area (Å²) < 4.78 is 46.6. The lowest BCUT2D eigenvalue weighted by atomic mass is 10.1. The number of hydrazone groups is 1. The van der Waals surface area contributed by atoms with Gasteiger partial charge in [-0.3, -0.25) is 5.43 Å². The number of oxazole rings is 1. The van der Waals surface area contributed by atoms with Crippen molar-refractivity contribution in [3.63, 3.8) is 0 Å². The van der Waals surface area contributed by atoms with Crippen molar-refractivity contribution in [2.24, 2.45) is 25.8 Å². The summed E-state index contributed by atoms with van der Waals surface area (Å²) in [4.78, 5) is 17.5. The van der Waals surface area contributed by atoms with E-state index in [1.54, 1.807) is 18.3 Å². The van der Waals surface area contributed by atoms with Gasteiger partial charge in [0, 0.05) is 11.1 Å². The zero-order valence-corrected chi connectivity index (χ0v) is 26.7. The number of aryl methyl sites for hydroxylation is 2. The summed E-state index contributed by atoms with van der Waals surface area (Å²) in [5.41, 5.74) is 15.7. The largest absolute Gasteiger partial charge is 0.573 e. The Morgan fingerprint density at radius 1 is 0.938 bits per heavy atom. The molecule has 0 bridgehead atoms. The zero-order chi connectivity index (χ0) is 33.9. The minimum absolute atomic E-state index is 0.207. The Kier molecular flexibility index (Phi) is 11.0. The summed E-state index contributed by atoms with van der Waals surface area (Å²) in [5, 5.41) is 5.01. The molecule has 1 aromatic heterocycles. The first-order valence-corrected chi connectivity index (χ1v) is 15.5. The number of hydrogen-bond donors (Lipinski definition) is 2. The molecule has 0 aliphatic rings. The molecule has 0 amide bonds. The van der Waals surface area contributed by atoms with Crippen LogP contribution in [-0.4, -0.2) is 34.9 Å². The molecule has 5 rings (SSSR count). The third kappa shape index (κ3) is 9.66. The maximum Gasteiger partial charge on any atom is 0.573 e. The van der Waals surface area contributed by atoms with Gasteiger partial charge in [-0.2, -0.15) is 5.10 Å². The third-order valence-corrected chi connectivity index (χ3v) is 7.60. The van der Waals surface area contributed by atoms with Crippen LogP contribution < -0.4 is 15.9 Å². The molecule has 4 aromatic carbocycles. The highest BCUT2D eigenvalue weighted by molar-refractivity contribution is 8.13. The van der Waals surface area contributed by atoms with E-state index in [0.29, 0.717) is 22.2 Å². The van der Waals surface area contributed by atoms with Crippen molar-refractivity contribution >= 4 is 46.7 Å². The van der Waals surface area contributed by atoms with E-state index in [1.165, 1.54) is 36.6 Å². The first-order chi connectivity index (χ1) is 23.1. The van der Waals surface area contributed by atoms with Crippen LogP contribution in [0.5, 0.6) is 5.75 Å². The summed E-state index contributed by atoms with van der Waals surface area (Å²) in [6.45, 7) is 4.02. The van der Waals surface area contributed by atoms with Crippen LogP contribution in [0.4, 0.5) is 24.5 Å². The highest BCUT2D eigenvalue weighted by Gasteiger charge is 2.30. The highest BCUT2D eigenvalue weighted by atomic mass is 32.2. The summed E-state index contributed by atoms with van der Waals surface area (Å²) >= 11 is 1.45. The van der Waals surface area contributed by atoms with E-state index in [1.807, 2.05) is 74.5 Å². The number of nitrogens with one attached hydrogen (secondary N) is 1. The molecule has 0 atom stereocenters. The highest BCUT2D eigenvalue weighted by Crippen LogP contribution is 2.29. The van der Waals surface area contributed by atoms with Crippen molar-refractivity contribution in [3.8, 4) is 17.0 Å². The van der Waals surface area contributed by atoms with E-state index in [2.05, 4.69) is 30.2 Å². The molecule has 13 heteroatoms. The van der Waals surface area contributed by atoms with E-state index in [-0.39, 0.29) is 11.6 Å². The number of para-hydroxylation sites is 1. The van der Waals surface area contributed by atoms with Gasteiger partial charge in [0.05, 0.1) is 23.3 Å². The molecule has 0 spiro atoms. The molecule has 0 aliphatic carbocycles. The Bertz CT molecular complexity index is 1920. The minimum Gasteiger partial charge on any atom is -0.447 e. The number of aromatic nitrogens is 1. The molecule has 0 saturated heterocycles. The van der Waals surface area contributed by atoms with Crippen molar-refractivity contribution in [1.82, 2.24) is 10.4 Å². The van der Waals surface area contributed by atoms with Crippen molar-refractivity contribution in [2.45, 2.75) is 26.0 Å². The number of halogens is 3. The van der Waals surface area contributed by atoms with Crippen LogP contribution in [0.15, 0.2) is 128 Å². The average molecular weight is 670 g/mol. The number of ether oxygens (including phenoxy) is 1. The molecule has 244 valence electrons.